The number of ether oxygens (including phenoxy) is 1. The molecule has 0 bridgehead atoms. The molecule has 0 radical (unpaired) electrons. The number of rotatable bonds is 6. The van der Waals surface area contributed by atoms with Gasteiger partial charge in [-0.15, -0.1) is 0 Å². The largest absolute Gasteiger partial charge is 0.497 e. The van der Waals surface area contributed by atoms with Crippen LogP contribution in [0.25, 0.3) is 0 Å². The first kappa shape index (κ1) is 22.5. The number of nitrogens with one attached hydrogen (secondary N) is 4. The Balaban J connectivity index is 1.62. The number of nitrogens with zero attached hydrogens (tertiary/aromatic N) is 2. The fourth-order valence-corrected chi connectivity index (χ4v) is 3.54. The molecule has 2 heterocycles. The number of H-pyrrole nitrogens is 1. The zero-order valence-electron chi connectivity index (χ0n) is 18.2. The van der Waals surface area contributed by atoms with Crippen LogP contribution in [0.2, 0.25) is 0 Å². The summed E-state index contributed by atoms with van der Waals surface area (Å²) in [5.41, 5.74) is 0.620. The quantitative estimate of drug-likeness (QED) is 0.319. The molecule has 4 N–H and O–H groups in total. The first-order valence-electron chi connectivity index (χ1n) is 10.2. The van der Waals surface area contributed by atoms with E-state index in [2.05, 4.69) is 25.9 Å². The Morgan fingerprint density at radius 2 is 1.94 bits per heavy atom. The zero-order valence-corrected chi connectivity index (χ0v) is 18.2. The number of nitro benzene ring substituents is 1. The number of nitro groups is 1. The number of methoxy groups -OCH3 is 1. The van der Waals surface area contributed by atoms with Crippen LogP contribution >= 0.6 is 0 Å². The maximum atomic E-state index is 13.0. The van der Waals surface area contributed by atoms with Crippen molar-refractivity contribution in [3.8, 4) is 5.75 Å². The van der Waals surface area contributed by atoms with E-state index in [9.17, 15) is 24.5 Å². The van der Waals surface area contributed by atoms with Crippen LogP contribution in [0.5, 0.6) is 5.75 Å². The zero-order chi connectivity index (χ0) is 24.4. The summed E-state index contributed by atoms with van der Waals surface area (Å²) in [7, 11) is 1.54. The van der Waals surface area contributed by atoms with Crippen molar-refractivity contribution in [2.45, 2.75) is 19.3 Å². The lowest BCUT2D eigenvalue weighted by Crippen LogP contribution is -2.36. The molecule has 1 aromatic heterocycles. The summed E-state index contributed by atoms with van der Waals surface area (Å²) in [6, 6.07) is 10.9. The van der Waals surface area contributed by atoms with Gasteiger partial charge in [0.05, 0.1) is 29.2 Å². The monoisotopic (exact) mass is 464 g/mol. The van der Waals surface area contributed by atoms with Crippen LogP contribution in [0.15, 0.2) is 47.3 Å². The number of non-ortho nitro benzene ring substituents is 1. The van der Waals surface area contributed by atoms with Gasteiger partial charge in [-0.1, -0.05) is 6.07 Å². The third-order valence-corrected chi connectivity index (χ3v) is 5.31. The highest BCUT2D eigenvalue weighted by atomic mass is 16.6. The Hall–Kier alpha value is -4.74. The molecule has 0 saturated carbocycles. The number of aryl methyl sites for hydroxylation is 1. The van der Waals surface area contributed by atoms with Gasteiger partial charge in [0, 0.05) is 24.2 Å². The second-order valence-electron chi connectivity index (χ2n) is 7.58. The molecule has 1 atom stereocenters. The van der Waals surface area contributed by atoms with Gasteiger partial charge in [-0.3, -0.25) is 29.5 Å². The topological polar surface area (TPSA) is 168 Å². The van der Waals surface area contributed by atoms with Crippen LogP contribution in [0, 0.1) is 17.0 Å². The molecule has 0 aliphatic carbocycles. The van der Waals surface area contributed by atoms with E-state index in [0.717, 1.165) is 0 Å². The smallest absolute Gasteiger partial charge is 0.271 e. The Morgan fingerprint density at radius 1 is 1.21 bits per heavy atom. The molecular weight excluding hydrogens is 444 g/mol. The molecule has 3 aromatic rings. The van der Waals surface area contributed by atoms with Crippen LogP contribution in [0.1, 0.15) is 23.5 Å². The van der Waals surface area contributed by atoms with E-state index in [-0.39, 0.29) is 35.1 Å². The van der Waals surface area contributed by atoms with Crippen molar-refractivity contribution >= 4 is 40.6 Å². The van der Waals surface area contributed by atoms with Crippen molar-refractivity contribution in [1.29, 1.82) is 0 Å². The summed E-state index contributed by atoms with van der Waals surface area (Å²) in [6.45, 7) is 1.67. The summed E-state index contributed by atoms with van der Waals surface area (Å²) < 4.78 is 5.11. The van der Waals surface area contributed by atoms with E-state index in [4.69, 9.17) is 4.74 Å². The Kier molecular flexibility index (Phi) is 5.95. The SMILES string of the molecule is COc1ccc(Nc2nc3c(c(=O)[nH]2)C(C(=O)Nc2cc([N+](=O)[O-])ccc2C)CC(=O)N3)cc1. The van der Waals surface area contributed by atoms with E-state index >= 15 is 0 Å². The van der Waals surface area contributed by atoms with Gasteiger partial charge in [-0.2, -0.15) is 4.98 Å². The molecule has 0 spiro atoms. The molecule has 2 amide bonds. The van der Waals surface area contributed by atoms with Gasteiger partial charge in [0.25, 0.3) is 11.2 Å². The molecule has 4 rings (SSSR count). The molecule has 12 heteroatoms. The summed E-state index contributed by atoms with van der Waals surface area (Å²) in [4.78, 5) is 55.5. The predicted molar refractivity (Wildman–Crippen MR) is 124 cm³/mol. The highest BCUT2D eigenvalue weighted by Crippen LogP contribution is 2.31. The Morgan fingerprint density at radius 3 is 2.62 bits per heavy atom. The molecule has 0 fully saturated rings. The van der Waals surface area contributed by atoms with E-state index in [0.29, 0.717) is 17.0 Å². The first-order valence-corrected chi connectivity index (χ1v) is 10.2. The van der Waals surface area contributed by atoms with Gasteiger partial charge >= 0.3 is 0 Å². The molecule has 12 nitrogen and oxygen atoms in total. The number of fused-ring (bicyclic) bond motifs is 1. The van der Waals surface area contributed by atoms with Gasteiger partial charge in [-0.25, -0.2) is 0 Å². The third-order valence-electron chi connectivity index (χ3n) is 5.31. The summed E-state index contributed by atoms with van der Waals surface area (Å²) in [5.74, 6) is -1.58. The lowest BCUT2D eigenvalue weighted by Gasteiger charge is -2.24. The molecule has 1 unspecified atom stereocenters. The van der Waals surface area contributed by atoms with Crippen LogP contribution in [-0.2, 0) is 9.59 Å². The highest BCUT2D eigenvalue weighted by Gasteiger charge is 2.35. The minimum Gasteiger partial charge on any atom is -0.497 e. The van der Waals surface area contributed by atoms with Crippen LogP contribution in [-0.4, -0.2) is 33.8 Å². The van der Waals surface area contributed by atoms with Crippen LogP contribution in [0.4, 0.5) is 28.8 Å². The molecular formula is C22H20N6O6. The average molecular weight is 464 g/mol. The number of amides is 2. The molecule has 0 saturated heterocycles. The van der Waals surface area contributed by atoms with Crippen LogP contribution < -0.4 is 26.2 Å². The predicted octanol–water partition coefficient (Wildman–Crippen LogP) is 2.80. The molecule has 1 aliphatic heterocycles. The van der Waals surface area contributed by atoms with Gasteiger partial charge in [0.15, 0.2) is 0 Å². The van der Waals surface area contributed by atoms with Gasteiger partial charge in [0.2, 0.25) is 17.8 Å². The van der Waals surface area contributed by atoms with E-state index in [1.807, 2.05) is 0 Å². The number of hydrogen-bond donors (Lipinski definition) is 4. The number of carbonyl (C=O) groups excluding carboxylic acids is 2. The summed E-state index contributed by atoms with van der Waals surface area (Å²) in [5, 5.41) is 19.1. The van der Waals surface area contributed by atoms with Gasteiger partial charge in [0.1, 0.15) is 11.6 Å². The molecule has 1 aliphatic rings. The number of aromatic amines is 1. The lowest BCUT2D eigenvalue weighted by molar-refractivity contribution is -0.384. The first-order chi connectivity index (χ1) is 16.2. The fraction of sp³-hybridized carbons (Fsp3) is 0.182. The fourth-order valence-electron chi connectivity index (χ4n) is 3.54. The number of carbonyl (C=O) groups is 2. The van der Waals surface area contributed by atoms with Crippen molar-refractivity contribution < 1.29 is 19.2 Å². The number of anilines is 4. The highest BCUT2D eigenvalue weighted by molar-refractivity contribution is 6.04. The molecule has 34 heavy (non-hydrogen) atoms. The van der Waals surface area contributed by atoms with Gasteiger partial charge in [-0.05, 0) is 36.8 Å². The second-order valence-corrected chi connectivity index (χ2v) is 7.58. The summed E-state index contributed by atoms with van der Waals surface area (Å²) in [6.07, 6.45) is -0.275. The minimum absolute atomic E-state index is 0.000430. The van der Waals surface area contributed by atoms with Crippen LogP contribution in [0.3, 0.4) is 0 Å². The average Bonchev–Trinajstić information content (AvgIpc) is 2.80. The normalized spacial score (nSPS) is 14.5. The van der Waals surface area contributed by atoms with Crippen molar-refractivity contribution in [3.05, 3.63) is 74.1 Å². The minimum atomic E-state index is -1.13. The lowest BCUT2D eigenvalue weighted by atomic mass is 9.92. The molecule has 174 valence electrons. The maximum absolute atomic E-state index is 13.0. The van der Waals surface area contributed by atoms with E-state index < -0.39 is 28.2 Å². The summed E-state index contributed by atoms with van der Waals surface area (Å²) >= 11 is 0. The Bertz CT molecular complexity index is 1350. The van der Waals surface area contributed by atoms with Crippen molar-refractivity contribution in [1.82, 2.24) is 9.97 Å². The molecule has 2 aromatic carbocycles. The van der Waals surface area contributed by atoms with Gasteiger partial charge < -0.3 is 20.7 Å². The van der Waals surface area contributed by atoms with E-state index in [1.54, 1.807) is 38.3 Å². The number of benzene rings is 2. The number of hydrogen-bond acceptors (Lipinski definition) is 8. The maximum Gasteiger partial charge on any atom is 0.271 e. The third kappa shape index (κ3) is 4.55. The second kappa shape index (κ2) is 9.02. The van der Waals surface area contributed by atoms with E-state index in [1.165, 1.54) is 18.2 Å². The van der Waals surface area contributed by atoms with Crippen molar-refractivity contribution in [2.75, 3.05) is 23.1 Å². The van der Waals surface area contributed by atoms with Crippen molar-refractivity contribution in [3.63, 3.8) is 0 Å². The standard InChI is InChI=1S/C22H20N6O6/c1-11-3-6-13(28(32)33)9-16(11)24-20(30)15-10-17(29)25-19-18(15)21(31)27-22(26-19)23-12-4-7-14(34-2)8-5-12/h3-9,15H,10H2,1-2H3,(H,24,30)(H3,23,25,26,27,29,31). The van der Waals surface area contributed by atoms with Crippen molar-refractivity contribution in [2.24, 2.45) is 0 Å². The number of aromatic nitrogens is 2. The Labute approximate surface area is 192 Å².